The summed E-state index contributed by atoms with van der Waals surface area (Å²) in [7, 11) is 0. The van der Waals surface area contributed by atoms with Crippen molar-refractivity contribution in [3.05, 3.63) is 29.3 Å². The van der Waals surface area contributed by atoms with Gasteiger partial charge < -0.3 is 10.0 Å². The van der Waals surface area contributed by atoms with Crippen molar-refractivity contribution >= 4 is 11.7 Å². The number of carboxylic acid groups (broad SMARTS) is 1. The van der Waals surface area contributed by atoms with Crippen LogP contribution < -0.4 is 4.90 Å². The number of anilines is 1. The molecule has 3 heteroatoms. The van der Waals surface area contributed by atoms with Gasteiger partial charge in [-0.1, -0.05) is 0 Å². The fraction of sp³-hybridized carbons (Fsp3) is 0.308. The summed E-state index contributed by atoms with van der Waals surface area (Å²) in [5, 5.41) is 8.88. The smallest absolute Gasteiger partial charge is 0.335 e. The number of terminal acetylenes is 1. The minimum Gasteiger partial charge on any atom is -0.478 e. The lowest BCUT2D eigenvalue weighted by Gasteiger charge is -2.17. The maximum Gasteiger partial charge on any atom is 0.335 e. The van der Waals surface area contributed by atoms with E-state index >= 15 is 0 Å². The Morgan fingerprint density at radius 2 is 2.38 bits per heavy atom. The second-order valence-electron chi connectivity index (χ2n) is 3.84. The maximum absolute atomic E-state index is 10.8. The molecule has 82 valence electrons. The van der Waals surface area contributed by atoms with Gasteiger partial charge in [0.1, 0.15) is 0 Å². The first-order valence-corrected chi connectivity index (χ1v) is 5.27. The van der Waals surface area contributed by atoms with Crippen molar-refractivity contribution in [1.29, 1.82) is 0 Å². The SMILES string of the molecule is C#CCCN1CCc2cc(C(=O)O)ccc21. The number of hydrogen-bond donors (Lipinski definition) is 1. The Kier molecular flexibility index (Phi) is 2.82. The number of carbonyl (C=O) groups is 1. The lowest BCUT2D eigenvalue weighted by molar-refractivity contribution is 0.0697. The molecule has 1 aromatic rings. The Labute approximate surface area is 94.7 Å². The summed E-state index contributed by atoms with van der Waals surface area (Å²) in [6, 6.07) is 5.28. The summed E-state index contributed by atoms with van der Waals surface area (Å²) in [5.41, 5.74) is 2.59. The van der Waals surface area contributed by atoms with Crippen LogP contribution in [0.15, 0.2) is 18.2 Å². The summed E-state index contributed by atoms with van der Waals surface area (Å²) in [6.45, 7) is 1.77. The molecule has 0 aromatic heterocycles. The number of rotatable bonds is 3. The van der Waals surface area contributed by atoms with Gasteiger partial charge in [-0.3, -0.25) is 0 Å². The molecule has 0 radical (unpaired) electrons. The first-order valence-electron chi connectivity index (χ1n) is 5.27. The van der Waals surface area contributed by atoms with E-state index in [1.165, 1.54) is 0 Å². The molecular weight excluding hydrogens is 202 g/mol. The molecule has 0 spiro atoms. The van der Waals surface area contributed by atoms with Crippen molar-refractivity contribution in [3.8, 4) is 12.3 Å². The van der Waals surface area contributed by atoms with Gasteiger partial charge in [-0.2, -0.15) is 0 Å². The topological polar surface area (TPSA) is 40.5 Å². The van der Waals surface area contributed by atoms with Gasteiger partial charge in [-0.05, 0) is 30.2 Å². The zero-order valence-electron chi connectivity index (χ0n) is 8.94. The molecule has 0 bridgehead atoms. The van der Waals surface area contributed by atoms with Crippen molar-refractivity contribution < 1.29 is 9.90 Å². The van der Waals surface area contributed by atoms with Crippen LogP contribution in [0.5, 0.6) is 0 Å². The summed E-state index contributed by atoms with van der Waals surface area (Å²) < 4.78 is 0. The van der Waals surface area contributed by atoms with Crippen molar-refractivity contribution in [1.82, 2.24) is 0 Å². The summed E-state index contributed by atoms with van der Waals surface area (Å²) in [6.07, 6.45) is 6.86. The van der Waals surface area contributed by atoms with E-state index in [9.17, 15) is 4.79 Å². The van der Waals surface area contributed by atoms with E-state index in [2.05, 4.69) is 10.8 Å². The maximum atomic E-state index is 10.8. The van der Waals surface area contributed by atoms with Gasteiger partial charge in [0.25, 0.3) is 0 Å². The quantitative estimate of drug-likeness (QED) is 0.781. The number of fused-ring (bicyclic) bond motifs is 1. The van der Waals surface area contributed by atoms with Gasteiger partial charge in [0, 0.05) is 25.2 Å². The molecule has 1 N–H and O–H groups in total. The normalized spacial score (nSPS) is 13.3. The number of benzene rings is 1. The molecule has 1 aromatic carbocycles. The van der Waals surface area contributed by atoms with E-state index in [4.69, 9.17) is 11.5 Å². The van der Waals surface area contributed by atoms with E-state index in [0.29, 0.717) is 5.56 Å². The van der Waals surface area contributed by atoms with E-state index in [-0.39, 0.29) is 0 Å². The Hall–Kier alpha value is -1.95. The molecule has 0 fully saturated rings. The van der Waals surface area contributed by atoms with Crippen LogP contribution in [0.2, 0.25) is 0 Å². The van der Waals surface area contributed by atoms with Crippen LogP contribution in [0.1, 0.15) is 22.3 Å². The summed E-state index contributed by atoms with van der Waals surface area (Å²) >= 11 is 0. The monoisotopic (exact) mass is 215 g/mol. The highest BCUT2D eigenvalue weighted by molar-refractivity contribution is 5.88. The first-order chi connectivity index (χ1) is 7.72. The molecule has 2 rings (SSSR count). The van der Waals surface area contributed by atoms with E-state index in [1.807, 2.05) is 6.07 Å². The van der Waals surface area contributed by atoms with Gasteiger partial charge in [-0.15, -0.1) is 12.3 Å². The number of hydrogen-bond acceptors (Lipinski definition) is 2. The van der Waals surface area contributed by atoms with Crippen LogP contribution in [-0.2, 0) is 6.42 Å². The Morgan fingerprint density at radius 1 is 1.56 bits per heavy atom. The zero-order valence-corrected chi connectivity index (χ0v) is 8.94. The lowest BCUT2D eigenvalue weighted by Crippen LogP contribution is -2.21. The third-order valence-electron chi connectivity index (χ3n) is 2.84. The molecule has 0 saturated heterocycles. The molecular formula is C13H13NO2. The number of aromatic carboxylic acids is 1. The lowest BCUT2D eigenvalue weighted by atomic mass is 10.1. The Balaban J connectivity index is 2.22. The van der Waals surface area contributed by atoms with Gasteiger partial charge in [-0.25, -0.2) is 4.79 Å². The molecule has 0 saturated carbocycles. The number of nitrogens with zero attached hydrogens (tertiary/aromatic N) is 1. The summed E-state index contributed by atoms with van der Waals surface area (Å²) in [4.78, 5) is 13.0. The Bertz CT molecular complexity index is 459. The third kappa shape index (κ3) is 1.87. The Morgan fingerprint density at radius 3 is 3.06 bits per heavy atom. The first kappa shape index (κ1) is 10.6. The van der Waals surface area contributed by atoms with Crippen molar-refractivity contribution in [3.63, 3.8) is 0 Å². The molecule has 1 heterocycles. The van der Waals surface area contributed by atoms with Crippen LogP contribution in [0.4, 0.5) is 5.69 Å². The average molecular weight is 215 g/mol. The highest BCUT2D eigenvalue weighted by Gasteiger charge is 2.19. The fourth-order valence-electron chi connectivity index (χ4n) is 2.03. The van der Waals surface area contributed by atoms with Gasteiger partial charge >= 0.3 is 5.97 Å². The standard InChI is InChI=1S/C13H13NO2/c1-2-3-7-14-8-6-10-9-11(13(15)16)4-5-12(10)14/h1,4-5,9H,3,6-8H2,(H,15,16). The average Bonchev–Trinajstić information content (AvgIpc) is 2.68. The van der Waals surface area contributed by atoms with E-state index < -0.39 is 5.97 Å². The predicted octanol–water partition coefficient (Wildman–Crippen LogP) is 1.77. The fourth-order valence-corrected chi connectivity index (χ4v) is 2.03. The van der Waals surface area contributed by atoms with Gasteiger partial charge in [0.05, 0.1) is 5.56 Å². The number of carboxylic acids is 1. The second-order valence-corrected chi connectivity index (χ2v) is 3.84. The molecule has 0 atom stereocenters. The van der Waals surface area contributed by atoms with Gasteiger partial charge in [0.15, 0.2) is 0 Å². The minimum absolute atomic E-state index is 0.359. The van der Waals surface area contributed by atoms with Crippen LogP contribution >= 0.6 is 0 Å². The molecule has 16 heavy (non-hydrogen) atoms. The van der Waals surface area contributed by atoms with Gasteiger partial charge in [0.2, 0.25) is 0 Å². The van der Waals surface area contributed by atoms with Crippen LogP contribution in [0, 0.1) is 12.3 Å². The highest BCUT2D eigenvalue weighted by Crippen LogP contribution is 2.28. The molecule has 1 aliphatic rings. The summed E-state index contributed by atoms with van der Waals surface area (Å²) in [5.74, 6) is 1.75. The second kappa shape index (κ2) is 4.28. The van der Waals surface area contributed by atoms with E-state index in [1.54, 1.807) is 12.1 Å². The molecule has 3 nitrogen and oxygen atoms in total. The zero-order chi connectivity index (χ0) is 11.5. The van der Waals surface area contributed by atoms with Crippen LogP contribution in [-0.4, -0.2) is 24.2 Å². The molecule has 0 amide bonds. The molecule has 0 aliphatic carbocycles. The predicted molar refractivity (Wildman–Crippen MR) is 62.8 cm³/mol. The minimum atomic E-state index is -0.870. The van der Waals surface area contributed by atoms with Crippen molar-refractivity contribution in [2.24, 2.45) is 0 Å². The van der Waals surface area contributed by atoms with Crippen LogP contribution in [0.3, 0.4) is 0 Å². The van der Waals surface area contributed by atoms with Crippen LogP contribution in [0.25, 0.3) is 0 Å². The molecule has 0 unspecified atom stereocenters. The van der Waals surface area contributed by atoms with E-state index in [0.717, 1.165) is 37.2 Å². The largest absolute Gasteiger partial charge is 0.478 e. The highest BCUT2D eigenvalue weighted by atomic mass is 16.4. The third-order valence-corrected chi connectivity index (χ3v) is 2.84. The van der Waals surface area contributed by atoms with Crippen molar-refractivity contribution in [2.75, 3.05) is 18.0 Å². The van der Waals surface area contributed by atoms with Crippen molar-refractivity contribution in [2.45, 2.75) is 12.8 Å². The molecule has 1 aliphatic heterocycles.